The van der Waals surface area contributed by atoms with E-state index in [2.05, 4.69) is 10.1 Å². The lowest BCUT2D eigenvalue weighted by Crippen LogP contribution is -2.48. The molecule has 1 amide bonds. The Balaban J connectivity index is 2.13. The summed E-state index contributed by atoms with van der Waals surface area (Å²) in [7, 11) is 2.62. The van der Waals surface area contributed by atoms with Gasteiger partial charge in [-0.25, -0.2) is 9.59 Å². The summed E-state index contributed by atoms with van der Waals surface area (Å²) in [5, 5.41) is 2.23. The van der Waals surface area contributed by atoms with E-state index >= 15 is 0 Å². The van der Waals surface area contributed by atoms with Crippen molar-refractivity contribution < 1.29 is 28.6 Å². The minimum atomic E-state index is -1.52. The van der Waals surface area contributed by atoms with Gasteiger partial charge in [0.25, 0.3) is 0 Å². The van der Waals surface area contributed by atoms with Crippen molar-refractivity contribution in [2.45, 2.75) is 6.04 Å². The lowest BCUT2D eigenvalue weighted by Gasteiger charge is -2.15. The number of Topliss-reactive ketones (excluding diaryl/α,β-unsaturated/α-hetero) is 1. The molecule has 0 saturated carbocycles. The van der Waals surface area contributed by atoms with Crippen molar-refractivity contribution in [3.05, 3.63) is 60.2 Å². The Hall–Kier alpha value is -3.35. The van der Waals surface area contributed by atoms with Gasteiger partial charge in [0.2, 0.25) is 0 Å². The molecule has 2 aromatic carbocycles. The average molecular weight is 343 g/mol. The number of esters is 1. The van der Waals surface area contributed by atoms with Crippen LogP contribution in [0.3, 0.4) is 0 Å². The maximum atomic E-state index is 12.5. The van der Waals surface area contributed by atoms with Crippen LogP contribution in [-0.2, 0) is 9.53 Å². The Labute approximate surface area is 144 Å². The first-order valence-corrected chi connectivity index (χ1v) is 7.34. The van der Waals surface area contributed by atoms with Crippen molar-refractivity contribution in [3.63, 3.8) is 0 Å². The Morgan fingerprint density at radius 3 is 2.08 bits per heavy atom. The molecule has 25 heavy (non-hydrogen) atoms. The van der Waals surface area contributed by atoms with Gasteiger partial charge in [0.1, 0.15) is 11.5 Å². The smallest absolute Gasteiger partial charge is 0.413 e. The van der Waals surface area contributed by atoms with Gasteiger partial charge in [-0.05, 0) is 36.4 Å². The molecule has 1 N–H and O–H groups in total. The van der Waals surface area contributed by atoms with Gasteiger partial charge in [-0.2, -0.15) is 0 Å². The zero-order valence-corrected chi connectivity index (χ0v) is 13.7. The summed E-state index contributed by atoms with van der Waals surface area (Å²) in [6.07, 6.45) is -0.941. The minimum absolute atomic E-state index is 0.219. The number of nitrogens with one attached hydrogen (secondary N) is 1. The molecule has 0 aliphatic rings. The second-order valence-corrected chi connectivity index (χ2v) is 4.90. The molecule has 0 saturated heterocycles. The van der Waals surface area contributed by atoms with Gasteiger partial charge >= 0.3 is 12.1 Å². The molecule has 0 radical (unpaired) electrons. The number of benzene rings is 2. The molecule has 1 unspecified atom stereocenters. The Kier molecular flexibility index (Phi) is 6.11. The summed E-state index contributed by atoms with van der Waals surface area (Å²) in [6.45, 7) is 0. The third-order valence-corrected chi connectivity index (χ3v) is 3.29. The molecule has 2 aromatic rings. The molecule has 130 valence electrons. The molecule has 0 aromatic heterocycles. The van der Waals surface area contributed by atoms with Gasteiger partial charge < -0.3 is 19.5 Å². The Morgan fingerprint density at radius 2 is 1.52 bits per heavy atom. The maximum Gasteiger partial charge on any atom is 0.413 e. The highest BCUT2D eigenvalue weighted by molar-refractivity contribution is 6.13. The largest absolute Gasteiger partial charge is 0.497 e. The van der Waals surface area contributed by atoms with Gasteiger partial charge in [-0.1, -0.05) is 18.2 Å². The van der Waals surface area contributed by atoms with Crippen molar-refractivity contribution in [2.75, 3.05) is 14.2 Å². The highest BCUT2D eigenvalue weighted by atomic mass is 16.6. The highest BCUT2D eigenvalue weighted by Crippen LogP contribution is 2.14. The third kappa shape index (κ3) is 4.81. The number of hydrogen-bond acceptors (Lipinski definition) is 6. The molecular weight excluding hydrogens is 326 g/mol. The summed E-state index contributed by atoms with van der Waals surface area (Å²) in [5.74, 6) is -0.687. The summed E-state index contributed by atoms with van der Waals surface area (Å²) in [6, 6.07) is 12.9. The first kappa shape index (κ1) is 18.0. The number of hydrogen-bond donors (Lipinski definition) is 1. The molecule has 1 atom stereocenters. The van der Waals surface area contributed by atoms with Crippen LogP contribution >= 0.6 is 0 Å². The van der Waals surface area contributed by atoms with E-state index in [1.165, 1.54) is 19.2 Å². The summed E-state index contributed by atoms with van der Waals surface area (Å²) in [5.41, 5.74) is 0.219. The second-order valence-electron chi connectivity index (χ2n) is 4.90. The van der Waals surface area contributed by atoms with Crippen LogP contribution in [0.1, 0.15) is 10.4 Å². The van der Waals surface area contributed by atoms with E-state index in [-0.39, 0.29) is 11.3 Å². The lowest BCUT2D eigenvalue weighted by atomic mass is 10.0. The van der Waals surface area contributed by atoms with Crippen LogP contribution in [0.2, 0.25) is 0 Å². The van der Waals surface area contributed by atoms with Gasteiger partial charge in [0.15, 0.2) is 11.8 Å². The lowest BCUT2D eigenvalue weighted by molar-refractivity contribution is -0.141. The number of para-hydroxylation sites is 1. The molecule has 0 fully saturated rings. The molecule has 0 aliphatic carbocycles. The predicted molar refractivity (Wildman–Crippen MR) is 88.7 cm³/mol. The molecule has 0 heterocycles. The van der Waals surface area contributed by atoms with Crippen molar-refractivity contribution in [3.8, 4) is 11.5 Å². The summed E-state index contributed by atoms with van der Waals surface area (Å²) >= 11 is 0. The third-order valence-electron chi connectivity index (χ3n) is 3.29. The Bertz CT molecular complexity index is 742. The zero-order chi connectivity index (χ0) is 18.2. The van der Waals surface area contributed by atoms with Crippen molar-refractivity contribution in [1.82, 2.24) is 5.32 Å². The van der Waals surface area contributed by atoms with E-state index in [0.717, 1.165) is 7.11 Å². The van der Waals surface area contributed by atoms with Crippen LogP contribution in [0.15, 0.2) is 54.6 Å². The number of ketones is 1. The van der Waals surface area contributed by atoms with Gasteiger partial charge in [0, 0.05) is 5.56 Å². The zero-order valence-electron chi connectivity index (χ0n) is 13.7. The topological polar surface area (TPSA) is 90.9 Å². The van der Waals surface area contributed by atoms with Crippen LogP contribution in [0.5, 0.6) is 11.5 Å². The average Bonchev–Trinajstić information content (AvgIpc) is 2.66. The van der Waals surface area contributed by atoms with E-state index in [0.29, 0.717) is 5.75 Å². The molecule has 7 heteroatoms. The number of ether oxygens (including phenoxy) is 3. The van der Waals surface area contributed by atoms with Crippen LogP contribution in [0.25, 0.3) is 0 Å². The molecule has 0 bridgehead atoms. The van der Waals surface area contributed by atoms with E-state index in [9.17, 15) is 14.4 Å². The highest BCUT2D eigenvalue weighted by Gasteiger charge is 2.31. The molecule has 2 rings (SSSR count). The monoisotopic (exact) mass is 343 g/mol. The van der Waals surface area contributed by atoms with E-state index < -0.39 is 23.9 Å². The van der Waals surface area contributed by atoms with Crippen LogP contribution in [0, 0.1) is 0 Å². The van der Waals surface area contributed by atoms with Crippen molar-refractivity contribution in [1.29, 1.82) is 0 Å². The van der Waals surface area contributed by atoms with E-state index in [1.54, 1.807) is 42.5 Å². The number of carbonyl (C=O) groups is 3. The van der Waals surface area contributed by atoms with Crippen molar-refractivity contribution in [2.24, 2.45) is 0 Å². The normalized spacial score (nSPS) is 11.1. The van der Waals surface area contributed by atoms with Crippen LogP contribution in [-0.4, -0.2) is 38.1 Å². The van der Waals surface area contributed by atoms with Gasteiger partial charge in [0.05, 0.1) is 14.2 Å². The van der Waals surface area contributed by atoms with E-state index in [1.807, 2.05) is 0 Å². The quantitative estimate of drug-likeness (QED) is 0.491. The number of rotatable bonds is 6. The van der Waals surface area contributed by atoms with E-state index in [4.69, 9.17) is 9.47 Å². The molecule has 0 aliphatic heterocycles. The maximum absolute atomic E-state index is 12.5. The first-order chi connectivity index (χ1) is 12.0. The van der Waals surface area contributed by atoms with Gasteiger partial charge in [-0.15, -0.1) is 0 Å². The summed E-state index contributed by atoms with van der Waals surface area (Å²) < 4.78 is 14.6. The SMILES string of the molecule is COC(=O)C(NC(=O)Oc1ccccc1)C(=O)c1ccc(OC)cc1. The number of carbonyl (C=O) groups excluding carboxylic acids is 3. The molecule has 0 spiro atoms. The fourth-order valence-corrected chi connectivity index (χ4v) is 2.01. The standard InChI is InChI=1S/C18H17NO6/c1-23-13-10-8-12(9-11-13)16(20)15(17(21)24-2)19-18(22)25-14-6-4-3-5-7-14/h3-11,15H,1-2H3,(H,19,22). The first-order valence-electron chi connectivity index (χ1n) is 7.34. The number of amides is 1. The second kappa shape index (κ2) is 8.49. The fraction of sp³-hybridized carbons (Fsp3) is 0.167. The predicted octanol–water partition coefficient (Wildman–Crippen LogP) is 2.21. The summed E-state index contributed by atoms with van der Waals surface area (Å²) in [4.78, 5) is 36.4. The fourth-order valence-electron chi connectivity index (χ4n) is 2.01. The number of methoxy groups -OCH3 is 2. The molecular formula is C18H17NO6. The van der Waals surface area contributed by atoms with Crippen LogP contribution in [0.4, 0.5) is 4.79 Å². The minimum Gasteiger partial charge on any atom is -0.497 e. The van der Waals surface area contributed by atoms with Gasteiger partial charge in [-0.3, -0.25) is 4.79 Å². The Morgan fingerprint density at radius 1 is 0.880 bits per heavy atom. The van der Waals surface area contributed by atoms with Crippen molar-refractivity contribution >= 4 is 17.8 Å². The molecule has 7 nitrogen and oxygen atoms in total. The van der Waals surface area contributed by atoms with Crippen LogP contribution < -0.4 is 14.8 Å².